The highest BCUT2D eigenvalue weighted by Gasteiger charge is 2.23. The minimum Gasteiger partial charge on any atom is -0.493 e. The van der Waals surface area contributed by atoms with Crippen LogP contribution >= 0.6 is 0 Å². The molecule has 1 aliphatic heterocycles. The zero-order chi connectivity index (χ0) is 20.2. The van der Waals surface area contributed by atoms with Crippen LogP contribution in [-0.4, -0.2) is 49.2 Å². The number of benzene rings is 1. The molecule has 1 fully saturated rings. The molecule has 7 heteroatoms. The van der Waals surface area contributed by atoms with Crippen LogP contribution in [0, 0.1) is 5.92 Å². The van der Waals surface area contributed by atoms with Crippen LogP contribution in [0.5, 0.6) is 11.6 Å². The van der Waals surface area contributed by atoms with E-state index < -0.39 is 0 Å². The van der Waals surface area contributed by atoms with Gasteiger partial charge >= 0.3 is 5.69 Å². The van der Waals surface area contributed by atoms with Crippen LogP contribution in [0.3, 0.4) is 0 Å². The predicted octanol–water partition coefficient (Wildman–Crippen LogP) is 2.69. The first-order valence-corrected chi connectivity index (χ1v) is 10.3. The number of aromatic nitrogens is 2. The highest BCUT2D eigenvalue weighted by molar-refractivity contribution is 5.67. The Morgan fingerprint density at radius 1 is 1.21 bits per heavy atom. The van der Waals surface area contributed by atoms with Gasteiger partial charge in [0.2, 0.25) is 5.88 Å². The summed E-state index contributed by atoms with van der Waals surface area (Å²) in [5, 5.41) is 0. The van der Waals surface area contributed by atoms with E-state index in [0.717, 1.165) is 36.0 Å². The number of rotatable bonds is 10. The third-order valence-corrected chi connectivity index (χ3v) is 5.28. The molecule has 156 valence electrons. The van der Waals surface area contributed by atoms with E-state index in [1.54, 1.807) is 11.7 Å². The fourth-order valence-corrected chi connectivity index (χ4v) is 3.43. The van der Waals surface area contributed by atoms with Gasteiger partial charge in [-0.25, -0.2) is 4.79 Å². The molecule has 1 atom stereocenters. The van der Waals surface area contributed by atoms with Gasteiger partial charge in [0.1, 0.15) is 12.4 Å². The molecule has 1 aliphatic carbocycles. The zero-order valence-electron chi connectivity index (χ0n) is 17.1. The van der Waals surface area contributed by atoms with Gasteiger partial charge in [-0.15, -0.1) is 0 Å². The molecular formula is C22H28N2O5. The topological polar surface area (TPSA) is 71.8 Å². The Kier molecular flexibility index (Phi) is 6.16. The van der Waals surface area contributed by atoms with Crippen LogP contribution in [0.2, 0.25) is 0 Å². The Morgan fingerprint density at radius 2 is 2.07 bits per heavy atom. The molecule has 29 heavy (non-hydrogen) atoms. The van der Waals surface area contributed by atoms with Crippen LogP contribution in [0.15, 0.2) is 29.1 Å². The highest BCUT2D eigenvalue weighted by Crippen LogP contribution is 2.34. The molecule has 4 rings (SSSR count). The molecular weight excluding hydrogens is 372 g/mol. The van der Waals surface area contributed by atoms with E-state index in [-0.39, 0.29) is 11.8 Å². The predicted molar refractivity (Wildman–Crippen MR) is 109 cm³/mol. The summed E-state index contributed by atoms with van der Waals surface area (Å²) in [6.45, 7) is 4.67. The number of aryl methyl sites for hydroxylation is 1. The Bertz CT molecular complexity index is 907. The van der Waals surface area contributed by atoms with Crippen molar-refractivity contribution in [2.45, 2.75) is 38.8 Å². The molecule has 1 aromatic heterocycles. The third-order valence-electron chi connectivity index (χ3n) is 5.28. The van der Waals surface area contributed by atoms with Crippen molar-refractivity contribution < 1.29 is 18.9 Å². The summed E-state index contributed by atoms with van der Waals surface area (Å²) in [7, 11) is 1.63. The van der Waals surface area contributed by atoms with Gasteiger partial charge in [0.15, 0.2) is 0 Å². The lowest BCUT2D eigenvalue weighted by atomic mass is 9.97. The first kappa shape index (κ1) is 19.9. The molecule has 0 saturated heterocycles. The van der Waals surface area contributed by atoms with E-state index >= 15 is 0 Å². The molecule has 0 radical (unpaired) electrons. The van der Waals surface area contributed by atoms with Crippen molar-refractivity contribution in [3.8, 4) is 22.9 Å². The van der Waals surface area contributed by atoms with Gasteiger partial charge < -0.3 is 18.9 Å². The number of nitrogens with zero attached hydrogens (tertiary/aromatic N) is 2. The van der Waals surface area contributed by atoms with Gasteiger partial charge in [-0.3, -0.25) is 4.57 Å². The molecule has 2 heterocycles. The maximum atomic E-state index is 12.5. The number of methoxy groups -OCH3 is 1. The molecule has 2 aliphatic rings. The first-order chi connectivity index (χ1) is 14.1. The molecule has 1 aromatic carbocycles. The second kappa shape index (κ2) is 8.97. The van der Waals surface area contributed by atoms with Crippen LogP contribution in [-0.2, 0) is 22.4 Å². The fraction of sp³-hybridized carbons (Fsp3) is 0.545. The first-order valence-electron chi connectivity index (χ1n) is 10.3. The van der Waals surface area contributed by atoms with E-state index in [0.29, 0.717) is 32.2 Å². The molecule has 0 spiro atoms. The second-order valence-electron chi connectivity index (χ2n) is 7.72. The third kappa shape index (κ3) is 4.97. The van der Waals surface area contributed by atoms with E-state index in [4.69, 9.17) is 18.9 Å². The number of hydrogen-bond acceptors (Lipinski definition) is 6. The quantitative estimate of drug-likeness (QED) is 0.571. The van der Waals surface area contributed by atoms with Crippen molar-refractivity contribution in [2.75, 3.05) is 33.5 Å². The standard InChI is InChI=1S/C22H28N2O5/c1-15(27-10-9-26-2)13-29-21-12-20-19-6-5-18(28-14-16-3-4-16)11-17(19)7-8-24(20)22(25)23-21/h5-6,11-12,15-16H,3-4,7-10,13-14H2,1-2H3/t15-/m0/s1. The van der Waals surface area contributed by atoms with Crippen molar-refractivity contribution in [1.29, 1.82) is 0 Å². The second-order valence-corrected chi connectivity index (χ2v) is 7.72. The number of fused-ring (bicyclic) bond motifs is 3. The Hall–Kier alpha value is -2.38. The van der Waals surface area contributed by atoms with Crippen LogP contribution in [0.1, 0.15) is 25.3 Å². The van der Waals surface area contributed by atoms with Crippen LogP contribution < -0.4 is 15.2 Å². The average Bonchev–Trinajstić information content (AvgIpc) is 3.55. The lowest BCUT2D eigenvalue weighted by Gasteiger charge is -2.22. The maximum Gasteiger partial charge on any atom is 0.351 e. The van der Waals surface area contributed by atoms with Crippen LogP contribution in [0.25, 0.3) is 11.3 Å². The summed E-state index contributed by atoms with van der Waals surface area (Å²) in [6.07, 6.45) is 3.21. The Balaban J connectivity index is 1.48. The summed E-state index contributed by atoms with van der Waals surface area (Å²) in [6, 6.07) is 7.95. The van der Waals surface area contributed by atoms with Gasteiger partial charge in [0.05, 0.1) is 31.6 Å². The van der Waals surface area contributed by atoms with Gasteiger partial charge in [-0.05, 0) is 55.9 Å². The minimum atomic E-state index is -0.287. The van der Waals surface area contributed by atoms with Crippen molar-refractivity contribution in [2.24, 2.45) is 5.92 Å². The fourth-order valence-electron chi connectivity index (χ4n) is 3.43. The van der Waals surface area contributed by atoms with Crippen molar-refractivity contribution >= 4 is 0 Å². The molecule has 1 saturated carbocycles. The maximum absolute atomic E-state index is 12.5. The summed E-state index contributed by atoms with van der Waals surface area (Å²) in [5.74, 6) is 1.95. The van der Waals surface area contributed by atoms with Crippen molar-refractivity contribution in [3.05, 3.63) is 40.3 Å². The molecule has 0 amide bonds. The van der Waals surface area contributed by atoms with Gasteiger partial charge in [0.25, 0.3) is 0 Å². The molecule has 7 nitrogen and oxygen atoms in total. The van der Waals surface area contributed by atoms with E-state index in [2.05, 4.69) is 11.1 Å². The van der Waals surface area contributed by atoms with Crippen LogP contribution in [0.4, 0.5) is 0 Å². The number of ether oxygens (including phenoxy) is 4. The smallest absolute Gasteiger partial charge is 0.351 e. The van der Waals surface area contributed by atoms with E-state index in [9.17, 15) is 4.79 Å². The Morgan fingerprint density at radius 3 is 2.86 bits per heavy atom. The van der Waals surface area contributed by atoms with Crippen molar-refractivity contribution in [3.63, 3.8) is 0 Å². The molecule has 0 N–H and O–H groups in total. The monoisotopic (exact) mass is 400 g/mol. The lowest BCUT2D eigenvalue weighted by Crippen LogP contribution is -2.29. The van der Waals surface area contributed by atoms with Gasteiger partial charge in [-0.2, -0.15) is 4.98 Å². The summed E-state index contributed by atoms with van der Waals surface area (Å²) < 4.78 is 23.9. The summed E-state index contributed by atoms with van der Waals surface area (Å²) in [5.41, 5.74) is 2.77. The zero-order valence-corrected chi connectivity index (χ0v) is 17.1. The average molecular weight is 400 g/mol. The summed E-state index contributed by atoms with van der Waals surface area (Å²) in [4.78, 5) is 16.6. The van der Waals surface area contributed by atoms with Crippen molar-refractivity contribution in [1.82, 2.24) is 9.55 Å². The van der Waals surface area contributed by atoms with Gasteiger partial charge in [-0.1, -0.05) is 0 Å². The number of hydrogen-bond donors (Lipinski definition) is 0. The van der Waals surface area contributed by atoms with E-state index in [1.165, 1.54) is 18.4 Å². The molecule has 2 aromatic rings. The SMILES string of the molecule is COCCO[C@@H](C)COc1cc2n(c(=O)n1)CCc1cc(OCC3CC3)ccc1-2. The molecule has 0 bridgehead atoms. The summed E-state index contributed by atoms with van der Waals surface area (Å²) >= 11 is 0. The lowest BCUT2D eigenvalue weighted by molar-refractivity contribution is 0.00339. The largest absolute Gasteiger partial charge is 0.493 e. The van der Waals surface area contributed by atoms with Gasteiger partial charge in [0, 0.05) is 25.3 Å². The molecule has 0 unspecified atom stereocenters. The van der Waals surface area contributed by atoms with E-state index in [1.807, 2.05) is 25.1 Å². The highest BCUT2D eigenvalue weighted by atomic mass is 16.5. The normalized spacial score (nSPS) is 16.1. The minimum absolute atomic E-state index is 0.121. The Labute approximate surface area is 170 Å².